The highest BCUT2D eigenvalue weighted by Gasteiger charge is 2.24. The predicted molar refractivity (Wildman–Crippen MR) is 134 cm³/mol. The summed E-state index contributed by atoms with van der Waals surface area (Å²) in [6, 6.07) is 10.4. The number of pyridine rings is 1. The highest BCUT2D eigenvalue weighted by Crippen LogP contribution is 2.31. The van der Waals surface area contributed by atoms with Crippen molar-refractivity contribution in [2.75, 3.05) is 50.8 Å². The first-order valence-electron chi connectivity index (χ1n) is 11.6. The minimum Gasteiger partial charge on any atom is -0.483 e. The van der Waals surface area contributed by atoms with Crippen molar-refractivity contribution in [1.82, 2.24) is 19.9 Å². The van der Waals surface area contributed by atoms with Crippen molar-refractivity contribution in [3.8, 4) is 17.3 Å². The number of benzene rings is 1. The summed E-state index contributed by atoms with van der Waals surface area (Å²) in [6.45, 7) is 4.34. The number of aromatic nitrogens is 3. The lowest BCUT2D eigenvalue weighted by molar-refractivity contribution is -0.139. The molecule has 0 spiro atoms. The average Bonchev–Trinajstić information content (AvgIpc) is 3.25. The molecule has 1 aromatic carbocycles. The van der Waals surface area contributed by atoms with Crippen molar-refractivity contribution >= 4 is 40.9 Å². The van der Waals surface area contributed by atoms with E-state index in [0.29, 0.717) is 34.4 Å². The Hall–Kier alpha value is -3.41. The summed E-state index contributed by atoms with van der Waals surface area (Å²) in [4.78, 5) is 35.9. The van der Waals surface area contributed by atoms with Crippen LogP contribution in [0, 0.1) is 0 Å². The number of nitrogens with one attached hydrogen (secondary N) is 1. The number of halogens is 1. The number of anilines is 1. The second-order valence-electron chi connectivity index (χ2n) is 8.49. The molecule has 5 rings (SSSR count). The molecule has 192 valence electrons. The number of carboxylic acid groups (broad SMARTS) is 2. The maximum atomic E-state index is 11.0. The minimum atomic E-state index is -0.830. The van der Waals surface area contributed by atoms with E-state index in [9.17, 15) is 4.79 Å². The molecule has 0 amide bonds. The van der Waals surface area contributed by atoms with Gasteiger partial charge in [-0.15, -0.1) is 0 Å². The molecule has 3 aromatic rings. The van der Waals surface area contributed by atoms with Crippen LogP contribution in [0.5, 0.6) is 6.01 Å². The Morgan fingerprint density at radius 1 is 1.22 bits per heavy atom. The second-order valence-corrected chi connectivity index (χ2v) is 8.90. The lowest BCUT2D eigenvalue weighted by Crippen LogP contribution is -2.43. The van der Waals surface area contributed by atoms with Gasteiger partial charge in [0.25, 0.3) is 12.5 Å². The Balaban J connectivity index is 0.000000967. The number of hydrogen-bond donors (Lipinski definition) is 3. The topological polar surface area (TPSA) is 141 Å². The maximum Gasteiger partial charge on any atom is 0.317 e. The molecule has 0 aliphatic carbocycles. The molecule has 12 heteroatoms. The number of carbonyl (C=O) groups is 2. The zero-order chi connectivity index (χ0) is 25.5. The van der Waals surface area contributed by atoms with Crippen LogP contribution in [0.25, 0.3) is 22.4 Å². The molecule has 11 nitrogen and oxygen atoms in total. The maximum absolute atomic E-state index is 11.0. The molecular weight excluding hydrogens is 490 g/mol. The molecule has 36 heavy (non-hydrogen) atoms. The van der Waals surface area contributed by atoms with Gasteiger partial charge >= 0.3 is 5.97 Å². The molecule has 0 radical (unpaired) electrons. The summed E-state index contributed by atoms with van der Waals surface area (Å²) >= 11 is 6.55. The quantitative estimate of drug-likeness (QED) is 0.418. The van der Waals surface area contributed by atoms with E-state index in [0.717, 1.165) is 56.9 Å². The number of morpholine rings is 1. The summed E-state index contributed by atoms with van der Waals surface area (Å²) < 4.78 is 11.4. The number of ether oxygens (including phenoxy) is 2. The SMILES string of the molecule is O=C(O)CN1CCCC(Oc2nc3nc(-c4ccc(N5CCOCC5)cc4)c(Cl)cc3[nH]2)C1.O=CO. The molecule has 2 fully saturated rings. The smallest absolute Gasteiger partial charge is 0.317 e. The fraction of sp³-hybridized carbons (Fsp3) is 0.417. The van der Waals surface area contributed by atoms with Crippen molar-refractivity contribution in [2.45, 2.75) is 18.9 Å². The van der Waals surface area contributed by atoms with Crippen LogP contribution in [0.15, 0.2) is 30.3 Å². The number of imidazole rings is 1. The number of fused-ring (bicyclic) bond motifs is 1. The molecule has 0 bridgehead atoms. The van der Waals surface area contributed by atoms with E-state index >= 15 is 0 Å². The molecule has 2 aliphatic rings. The monoisotopic (exact) mass is 517 g/mol. The molecule has 2 saturated heterocycles. The van der Waals surface area contributed by atoms with E-state index in [-0.39, 0.29) is 19.1 Å². The summed E-state index contributed by atoms with van der Waals surface area (Å²) in [5.41, 5.74) is 3.96. The van der Waals surface area contributed by atoms with Gasteiger partial charge in [0, 0.05) is 30.9 Å². The fourth-order valence-electron chi connectivity index (χ4n) is 4.41. The zero-order valence-corrected chi connectivity index (χ0v) is 20.4. The van der Waals surface area contributed by atoms with Crippen LogP contribution in [0.3, 0.4) is 0 Å². The molecule has 2 aliphatic heterocycles. The van der Waals surface area contributed by atoms with E-state index in [2.05, 4.69) is 32.0 Å². The van der Waals surface area contributed by atoms with Crippen molar-refractivity contribution in [3.63, 3.8) is 0 Å². The first-order valence-corrected chi connectivity index (χ1v) is 12.0. The zero-order valence-electron chi connectivity index (χ0n) is 19.6. The molecule has 2 aromatic heterocycles. The number of rotatable bonds is 6. The van der Waals surface area contributed by atoms with Gasteiger partial charge in [0.1, 0.15) is 6.10 Å². The van der Waals surface area contributed by atoms with E-state index in [1.807, 2.05) is 23.1 Å². The molecular formula is C24H28ClN5O6. The van der Waals surface area contributed by atoms with E-state index in [1.54, 1.807) is 0 Å². The van der Waals surface area contributed by atoms with Crippen molar-refractivity contribution in [2.24, 2.45) is 0 Å². The van der Waals surface area contributed by atoms with Crippen molar-refractivity contribution in [1.29, 1.82) is 0 Å². The third-order valence-corrected chi connectivity index (χ3v) is 6.31. The predicted octanol–water partition coefficient (Wildman–Crippen LogP) is 2.74. The first kappa shape index (κ1) is 25.7. The van der Waals surface area contributed by atoms with E-state index in [4.69, 9.17) is 36.1 Å². The number of carboxylic acids is 1. The van der Waals surface area contributed by atoms with Gasteiger partial charge in [-0.3, -0.25) is 14.5 Å². The van der Waals surface area contributed by atoms with E-state index < -0.39 is 5.97 Å². The highest BCUT2D eigenvalue weighted by atomic mass is 35.5. The van der Waals surface area contributed by atoms with Gasteiger partial charge in [0.05, 0.1) is 36.0 Å². The highest BCUT2D eigenvalue weighted by molar-refractivity contribution is 6.33. The van der Waals surface area contributed by atoms with E-state index in [1.165, 1.54) is 0 Å². The lowest BCUT2D eigenvalue weighted by atomic mass is 10.1. The number of likely N-dealkylation sites (tertiary alicyclic amines) is 1. The van der Waals surface area contributed by atoms with Crippen LogP contribution in [0.2, 0.25) is 5.02 Å². The molecule has 1 atom stereocenters. The van der Waals surface area contributed by atoms with Crippen LogP contribution >= 0.6 is 11.6 Å². The van der Waals surface area contributed by atoms with Crippen LogP contribution in [0.1, 0.15) is 12.8 Å². The number of hydrogen-bond acceptors (Lipinski definition) is 8. The summed E-state index contributed by atoms with van der Waals surface area (Å²) in [6.07, 6.45) is 1.61. The van der Waals surface area contributed by atoms with Gasteiger partial charge < -0.3 is 29.6 Å². The fourth-order valence-corrected chi connectivity index (χ4v) is 4.67. The van der Waals surface area contributed by atoms with Crippen molar-refractivity contribution < 1.29 is 29.3 Å². The number of nitrogens with zero attached hydrogens (tertiary/aromatic N) is 4. The molecule has 4 heterocycles. The van der Waals surface area contributed by atoms with Gasteiger partial charge in [-0.1, -0.05) is 23.7 Å². The standard InChI is InChI=1S/C23H26ClN5O4.CH2O2/c24-18-12-19-22(27-23(25-19)33-17-2-1-7-28(13-17)14-20(30)31)26-21(18)15-3-5-16(6-4-15)29-8-10-32-11-9-29;2-1-3/h3-6,12,17H,1-2,7-11,13-14H2,(H,30,31)(H,25,26,27);1H,(H,2,3). The van der Waals surface area contributed by atoms with Gasteiger partial charge in [0.15, 0.2) is 5.65 Å². The first-order chi connectivity index (χ1) is 17.5. The van der Waals surface area contributed by atoms with Gasteiger partial charge in [-0.2, -0.15) is 4.98 Å². The third-order valence-electron chi connectivity index (χ3n) is 6.02. The summed E-state index contributed by atoms with van der Waals surface area (Å²) in [5, 5.41) is 16.5. The Morgan fingerprint density at radius 3 is 2.64 bits per heavy atom. The Morgan fingerprint density at radius 2 is 1.94 bits per heavy atom. The van der Waals surface area contributed by atoms with Crippen molar-refractivity contribution in [3.05, 3.63) is 35.4 Å². The molecule has 3 N–H and O–H groups in total. The van der Waals surface area contributed by atoms with Crippen LogP contribution in [-0.2, 0) is 14.3 Å². The minimum absolute atomic E-state index is 0.0187. The van der Waals surface area contributed by atoms with Gasteiger partial charge in [0.2, 0.25) is 0 Å². The lowest BCUT2D eigenvalue weighted by Gasteiger charge is -2.30. The van der Waals surface area contributed by atoms with Crippen LogP contribution in [-0.4, -0.2) is 94.5 Å². The largest absolute Gasteiger partial charge is 0.483 e. The average molecular weight is 518 g/mol. The van der Waals surface area contributed by atoms with Gasteiger partial charge in [-0.05, 0) is 37.6 Å². The Bertz CT molecular complexity index is 1180. The number of piperidine rings is 1. The van der Waals surface area contributed by atoms with Gasteiger partial charge in [-0.25, -0.2) is 4.98 Å². The number of aromatic amines is 1. The Kier molecular flexibility index (Phi) is 8.57. The summed E-state index contributed by atoms with van der Waals surface area (Å²) in [5.74, 6) is -0.830. The van der Waals surface area contributed by atoms with Crippen LogP contribution in [0.4, 0.5) is 5.69 Å². The number of aliphatic carboxylic acids is 1. The Labute approximate surface area is 212 Å². The molecule has 0 saturated carbocycles. The number of H-pyrrole nitrogens is 1. The molecule has 1 unspecified atom stereocenters. The van der Waals surface area contributed by atoms with Crippen LogP contribution < -0.4 is 9.64 Å². The second kappa shape index (κ2) is 12.0. The normalized spacial score (nSPS) is 18.4. The summed E-state index contributed by atoms with van der Waals surface area (Å²) in [7, 11) is 0. The third kappa shape index (κ3) is 6.42.